The van der Waals surface area contributed by atoms with E-state index < -0.39 is 18.0 Å². The minimum atomic E-state index is -0.913. The topological polar surface area (TPSA) is 105 Å². The van der Waals surface area contributed by atoms with Gasteiger partial charge in [0.05, 0.1) is 18.6 Å². The molecule has 0 aromatic heterocycles. The van der Waals surface area contributed by atoms with Gasteiger partial charge in [-0.15, -0.1) is 0 Å². The Bertz CT molecular complexity index is 1270. The first-order valence-corrected chi connectivity index (χ1v) is 11.3. The lowest BCUT2D eigenvalue weighted by Gasteiger charge is -2.36. The third-order valence-electron chi connectivity index (χ3n) is 6.54. The molecule has 1 aliphatic carbocycles. The maximum Gasteiger partial charge on any atom is 0.411 e. The number of anilines is 1. The first-order chi connectivity index (χ1) is 17.0. The van der Waals surface area contributed by atoms with Gasteiger partial charge in [-0.2, -0.15) is 0 Å². The zero-order valence-electron chi connectivity index (χ0n) is 19.1. The SMILES string of the molecule is COc1cc(NC(=O)OCC2c3ccccc3-c3ccccc32)ccc1C(=O)N1CC(C(=O)O)C1. The Kier molecular flexibility index (Phi) is 5.86. The lowest BCUT2D eigenvalue weighted by atomic mass is 9.98. The molecule has 1 fully saturated rings. The zero-order chi connectivity index (χ0) is 24.5. The Morgan fingerprint density at radius 1 is 0.971 bits per heavy atom. The van der Waals surface area contributed by atoms with Gasteiger partial charge in [0.2, 0.25) is 0 Å². The molecule has 0 saturated carbocycles. The number of benzene rings is 3. The highest BCUT2D eigenvalue weighted by atomic mass is 16.5. The fraction of sp³-hybridized carbons (Fsp3) is 0.222. The Morgan fingerprint density at radius 3 is 2.20 bits per heavy atom. The predicted octanol–water partition coefficient (Wildman–Crippen LogP) is 4.21. The highest BCUT2D eigenvalue weighted by molar-refractivity contribution is 5.99. The summed E-state index contributed by atoms with van der Waals surface area (Å²) in [5, 5.41) is 11.7. The van der Waals surface area contributed by atoms with Gasteiger partial charge in [0.25, 0.3) is 5.91 Å². The number of ether oxygens (including phenoxy) is 2. The minimum Gasteiger partial charge on any atom is -0.496 e. The van der Waals surface area contributed by atoms with E-state index in [1.807, 2.05) is 24.3 Å². The van der Waals surface area contributed by atoms with Gasteiger partial charge in [0.1, 0.15) is 12.4 Å². The van der Waals surface area contributed by atoms with Gasteiger partial charge in [0.15, 0.2) is 0 Å². The van der Waals surface area contributed by atoms with Crippen LogP contribution in [0.1, 0.15) is 27.4 Å². The van der Waals surface area contributed by atoms with E-state index >= 15 is 0 Å². The number of methoxy groups -OCH3 is 1. The standard InChI is InChI=1S/C27H24N2O6/c1-34-24-12-17(10-11-22(24)25(30)29-13-16(14-29)26(31)32)28-27(33)35-15-23-20-8-4-2-6-18(20)19-7-3-5-9-21(19)23/h2-12,16,23H,13-15H2,1H3,(H,28,33)(H,31,32). The second-order valence-corrected chi connectivity index (χ2v) is 8.61. The fourth-order valence-corrected chi connectivity index (χ4v) is 4.67. The average Bonchev–Trinajstić information content (AvgIpc) is 3.15. The normalized spacial score (nSPS) is 14.5. The number of fused-ring (bicyclic) bond motifs is 3. The van der Waals surface area contributed by atoms with E-state index in [1.54, 1.807) is 18.2 Å². The van der Waals surface area contributed by atoms with Crippen molar-refractivity contribution in [3.8, 4) is 16.9 Å². The van der Waals surface area contributed by atoms with Crippen molar-refractivity contribution in [2.45, 2.75) is 5.92 Å². The summed E-state index contributed by atoms with van der Waals surface area (Å²) in [6, 6.07) is 20.9. The molecule has 1 aliphatic heterocycles. The third-order valence-corrected chi connectivity index (χ3v) is 6.54. The lowest BCUT2D eigenvalue weighted by molar-refractivity contribution is -0.146. The first-order valence-electron chi connectivity index (χ1n) is 11.3. The fourth-order valence-electron chi connectivity index (χ4n) is 4.67. The van der Waals surface area contributed by atoms with Gasteiger partial charge >= 0.3 is 12.1 Å². The van der Waals surface area contributed by atoms with E-state index in [4.69, 9.17) is 14.6 Å². The number of rotatable bonds is 6. The average molecular weight is 472 g/mol. The minimum absolute atomic E-state index is 0.0474. The maximum absolute atomic E-state index is 12.7. The summed E-state index contributed by atoms with van der Waals surface area (Å²) in [6.07, 6.45) is -0.611. The second-order valence-electron chi connectivity index (χ2n) is 8.61. The molecule has 8 heteroatoms. The van der Waals surface area contributed by atoms with E-state index in [0.29, 0.717) is 11.3 Å². The number of carboxylic acid groups (broad SMARTS) is 1. The maximum atomic E-state index is 12.7. The van der Waals surface area contributed by atoms with Crippen LogP contribution in [0, 0.1) is 5.92 Å². The predicted molar refractivity (Wildman–Crippen MR) is 129 cm³/mol. The Labute approximate surface area is 202 Å². The summed E-state index contributed by atoms with van der Waals surface area (Å²) in [4.78, 5) is 37.7. The van der Waals surface area contributed by atoms with Crippen LogP contribution in [-0.2, 0) is 9.53 Å². The van der Waals surface area contributed by atoms with E-state index in [0.717, 1.165) is 22.3 Å². The number of nitrogens with one attached hydrogen (secondary N) is 1. The van der Waals surface area contributed by atoms with Crippen molar-refractivity contribution in [2.24, 2.45) is 5.92 Å². The van der Waals surface area contributed by atoms with Crippen LogP contribution in [-0.4, -0.2) is 54.8 Å². The van der Waals surface area contributed by atoms with Crippen molar-refractivity contribution in [3.63, 3.8) is 0 Å². The number of likely N-dealkylation sites (tertiary alicyclic amines) is 1. The molecule has 3 aromatic rings. The smallest absolute Gasteiger partial charge is 0.411 e. The van der Waals surface area contributed by atoms with Crippen LogP contribution >= 0.6 is 0 Å². The van der Waals surface area contributed by atoms with Crippen LogP contribution in [0.5, 0.6) is 5.75 Å². The first kappa shape index (κ1) is 22.5. The van der Waals surface area contributed by atoms with E-state index in [2.05, 4.69) is 29.6 Å². The van der Waals surface area contributed by atoms with Crippen molar-refractivity contribution in [3.05, 3.63) is 83.4 Å². The van der Waals surface area contributed by atoms with E-state index in [1.165, 1.54) is 12.0 Å². The molecule has 0 unspecified atom stereocenters. The summed E-state index contributed by atoms with van der Waals surface area (Å²) in [5.74, 6) is -1.53. The third kappa shape index (κ3) is 4.19. The van der Waals surface area contributed by atoms with E-state index in [9.17, 15) is 14.4 Å². The number of carbonyl (C=O) groups excluding carboxylic acids is 2. The summed E-state index contributed by atoms with van der Waals surface area (Å²) in [6.45, 7) is 0.515. The van der Waals surface area contributed by atoms with Crippen LogP contribution in [0.15, 0.2) is 66.7 Å². The molecule has 2 N–H and O–H groups in total. The zero-order valence-corrected chi connectivity index (χ0v) is 19.1. The van der Waals surface area contributed by atoms with Gasteiger partial charge in [-0.05, 0) is 34.4 Å². The molecule has 8 nitrogen and oxygen atoms in total. The molecular formula is C27H24N2O6. The van der Waals surface area contributed by atoms with Crippen LogP contribution in [0.4, 0.5) is 10.5 Å². The van der Waals surface area contributed by atoms with Crippen LogP contribution in [0.3, 0.4) is 0 Å². The number of carboxylic acids is 1. The number of carbonyl (C=O) groups is 3. The molecule has 2 aliphatic rings. The number of aliphatic carboxylic acids is 1. The summed E-state index contributed by atoms with van der Waals surface area (Å²) in [5.41, 5.74) is 5.28. The molecule has 178 valence electrons. The van der Waals surface area contributed by atoms with Gasteiger partial charge < -0.3 is 19.5 Å². The Balaban J connectivity index is 1.24. The number of nitrogens with zero attached hydrogens (tertiary/aromatic N) is 1. The molecule has 1 heterocycles. The number of hydrogen-bond acceptors (Lipinski definition) is 5. The monoisotopic (exact) mass is 472 g/mol. The van der Waals surface area contributed by atoms with Gasteiger partial charge in [-0.1, -0.05) is 48.5 Å². The van der Waals surface area contributed by atoms with E-state index in [-0.39, 0.29) is 37.3 Å². The van der Waals surface area contributed by atoms with Crippen molar-refractivity contribution >= 4 is 23.7 Å². The molecule has 35 heavy (non-hydrogen) atoms. The molecule has 2 amide bonds. The van der Waals surface area contributed by atoms with Crippen molar-refractivity contribution in [2.75, 3.05) is 32.1 Å². The highest BCUT2D eigenvalue weighted by Gasteiger charge is 2.37. The Hall–Kier alpha value is -4.33. The number of hydrogen-bond donors (Lipinski definition) is 2. The summed E-state index contributed by atoms with van der Waals surface area (Å²) in [7, 11) is 1.43. The summed E-state index contributed by atoms with van der Waals surface area (Å²) >= 11 is 0. The molecule has 0 bridgehead atoms. The van der Waals surface area contributed by atoms with Crippen LogP contribution in [0.25, 0.3) is 11.1 Å². The molecule has 3 aromatic carbocycles. The van der Waals surface area contributed by atoms with Gasteiger partial charge in [-0.25, -0.2) is 4.79 Å². The van der Waals surface area contributed by atoms with Gasteiger partial charge in [0, 0.05) is 30.8 Å². The van der Waals surface area contributed by atoms with Crippen LogP contribution in [0.2, 0.25) is 0 Å². The largest absolute Gasteiger partial charge is 0.496 e. The van der Waals surface area contributed by atoms with Crippen molar-refractivity contribution in [1.82, 2.24) is 4.90 Å². The molecule has 0 radical (unpaired) electrons. The number of amides is 2. The molecule has 0 atom stereocenters. The summed E-state index contributed by atoms with van der Waals surface area (Å²) < 4.78 is 10.9. The lowest BCUT2D eigenvalue weighted by Crippen LogP contribution is -2.53. The van der Waals surface area contributed by atoms with Crippen molar-refractivity contribution < 1.29 is 29.0 Å². The van der Waals surface area contributed by atoms with Crippen LogP contribution < -0.4 is 10.1 Å². The molecule has 1 saturated heterocycles. The quantitative estimate of drug-likeness (QED) is 0.557. The molecule has 0 spiro atoms. The molecule has 5 rings (SSSR count). The van der Waals surface area contributed by atoms with Gasteiger partial charge in [-0.3, -0.25) is 14.9 Å². The Morgan fingerprint density at radius 2 is 1.60 bits per heavy atom. The second kappa shape index (κ2) is 9.13. The highest BCUT2D eigenvalue weighted by Crippen LogP contribution is 2.44. The molecular weight excluding hydrogens is 448 g/mol. The van der Waals surface area contributed by atoms with Crippen molar-refractivity contribution in [1.29, 1.82) is 0 Å².